The second-order valence-electron chi connectivity index (χ2n) is 6.96. The van der Waals surface area contributed by atoms with Crippen LogP contribution in [0, 0.1) is 5.41 Å². The number of amides is 1. The van der Waals surface area contributed by atoms with Crippen LogP contribution in [0.5, 0.6) is 0 Å². The van der Waals surface area contributed by atoms with Crippen molar-refractivity contribution in [3.63, 3.8) is 0 Å². The Morgan fingerprint density at radius 2 is 2.00 bits per heavy atom. The number of primary amides is 1. The minimum absolute atomic E-state index is 0.0262. The highest BCUT2D eigenvalue weighted by Crippen LogP contribution is 2.54. The zero-order chi connectivity index (χ0) is 17.3. The Morgan fingerprint density at radius 3 is 2.58 bits per heavy atom. The molecule has 1 amide bonds. The first-order chi connectivity index (χ1) is 11.5. The molecule has 2 atom stereocenters. The molecule has 6 heteroatoms. The van der Waals surface area contributed by atoms with Crippen molar-refractivity contribution in [3.05, 3.63) is 23.5 Å². The second-order valence-corrected chi connectivity index (χ2v) is 6.96. The summed E-state index contributed by atoms with van der Waals surface area (Å²) in [5.41, 5.74) is 5.92. The van der Waals surface area contributed by atoms with Gasteiger partial charge >= 0.3 is 5.97 Å². The van der Waals surface area contributed by atoms with Crippen molar-refractivity contribution in [1.29, 1.82) is 0 Å². The predicted octanol–water partition coefficient (Wildman–Crippen LogP) is 2.41. The largest absolute Gasteiger partial charge is 0.457 e. The zero-order valence-electron chi connectivity index (χ0n) is 14.4. The van der Waals surface area contributed by atoms with Crippen LogP contribution in [-0.4, -0.2) is 35.3 Å². The van der Waals surface area contributed by atoms with Gasteiger partial charge in [0, 0.05) is 31.7 Å². The first-order valence-corrected chi connectivity index (χ1v) is 8.76. The Kier molecular flexibility index (Phi) is 4.67. The van der Waals surface area contributed by atoms with Crippen molar-refractivity contribution >= 4 is 11.9 Å². The van der Waals surface area contributed by atoms with Crippen LogP contribution in [0.2, 0.25) is 0 Å². The number of rotatable bonds is 5. The molecule has 1 aromatic heterocycles. The Morgan fingerprint density at radius 1 is 1.29 bits per heavy atom. The van der Waals surface area contributed by atoms with E-state index in [1.165, 1.54) is 12.5 Å². The number of aryl methyl sites for hydroxylation is 1. The van der Waals surface area contributed by atoms with E-state index in [9.17, 15) is 9.59 Å². The summed E-state index contributed by atoms with van der Waals surface area (Å²) in [7, 11) is 1.71. The fourth-order valence-corrected chi connectivity index (χ4v) is 4.26. The monoisotopic (exact) mass is 334 g/mol. The van der Waals surface area contributed by atoms with Crippen LogP contribution < -0.4 is 5.73 Å². The van der Waals surface area contributed by atoms with Gasteiger partial charge in [-0.15, -0.1) is 0 Å². The van der Waals surface area contributed by atoms with Gasteiger partial charge in [0.2, 0.25) is 5.91 Å². The van der Waals surface area contributed by atoms with Crippen molar-refractivity contribution in [1.82, 2.24) is 4.57 Å². The van der Waals surface area contributed by atoms with Gasteiger partial charge in [-0.1, -0.05) is 19.3 Å². The molecule has 2 aliphatic rings. The smallest absolute Gasteiger partial charge is 0.355 e. The van der Waals surface area contributed by atoms with E-state index >= 15 is 0 Å². The number of aromatic nitrogens is 1. The molecule has 1 aromatic rings. The minimum Gasteiger partial charge on any atom is -0.457 e. The molecule has 2 unspecified atom stereocenters. The van der Waals surface area contributed by atoms with Gasteiger partial charge in [-0.3, -0.25) is 4.79 Å². The fraction of sp³-hybridized carbons (Fsp3) is 0.667. The highest BCUT2D eigenvalue weighted by molar-refractivity contribution is 5.96. The van der Waals surface area contributed by atoms with Crippen LogP contribution in [-0.2, 0) is 16.5 Å². The molecule has 2 aliphatic carbocycles. The molecule has 0 bridgehead atoms. The number of ether oxygens (including phenoxy) is 2. The quantitative estimate of drug-likeness (QED) is 0.838. The van der Waals surface area contributed by atoms with Crippen LogP contribution >= 0.6 is 0 Å². The van der Waals surface area contributed by atoms with Gasteiger partial charge in [-0.25, -0.2) is 4.79 Å². The summed E-state index contributed by atoms with van der Waals surface area (Å²) in [6, 6.07) is 1.50. The Balaban J connectivity index is 1.73. The van der Waals surface area contributed by atoms with Crippen molar-refractivity contribution in [2.45, 2.75) is 57.7 Å². The lowest BCUT2D eigenvalue weighted by Gasteiger charge is -2.56. The second kappa shape index (κ2) is 6.59. The lowest BCUT2D eigenvalue weighted by Crippen LogP contribution is -2.60. The van der Waals surface area contributed by atoms with Crippen LogP contribution in [0.4, 0.5) is 0 Å². The molecule has 1 heterocycles. The number of hydrogen-bond donors (Lipinski definition) is 1. The summed E-state index contributed by atoms with van der Waals surface area (Å²) in [4.78, 5) is 23.8. The molecular weight excluding hydrogens is 308 g/mol. The summed E-state index contributed by atoms with van der Waals surface area (Å²) in [6.45, 7) is 2.69. The number of hydrogen-bond acceptors (Lipinski definition) is 4. The molecule has 2 saturated carbocycles. The van der Waals surface area contributed by atoms with Crippen LogP contribution in [0.25, 0.3) is 0 Å². The van der Waals surface area contributed by atoms with Gasteiger partial charge in [0.1, 0.15) is 11.8 Å². The predicted molar refractivity (Wildman–Crippen MR) is 88.7 cm³/mol. The third-order valence-electron chi connectivity index (χ3n) is 5.61. The molecule has 132 valence electrons. The molecule has 2 fully saturated rings. The van der Waals surface area contributed by atoms with Gasteiger partial charge in [-0.05, 0) is 25.8 Å². The summed E-state index contributed by atoms with van der Waals surface area (Å²) in [5, 5.41) is 0. The highest BCUT2D eigenvalue weighted by atomic mass is 16.6. The average Bonchev–Trinajstić information content (AvgIpc) is 2.97. The SMILES string of the molecule is CCOC1CC(OC(=O)c2cc(C(N)=O)cn2C)C12CCCCC2. The molecule has 0 radical (unpaired) electrons. The molecule has 1 spiro atoms. The third-order valence-corrected chi connectivity index (χ3v) is 5.61. The van der Waals surface area contributed by atoms with Gasteiger partial charge < -0.3 is 19.8 Å². The highest BCUT2D eigenvalue weighted by Gasteiger charge is 2.57. The Labute approximate surface area is 142 Å². The van der Waals surface area contributed by atoms with E-state index in [2.05, 4.69) is 0 Å². The summed E-state index contributed by atoms with van der Waals surface area (Å²) in [5.74, 6) is -0.941. The molecule has 2 N–H and O–H groups in total. The molecular formula is C18H26N2O4. The van der Waals surface area contributed by atoms with Crippen molar-refractivity contribution in [2.75, 3.05) is 6.61 Å². The maximum atomic E-state index is 12.6. The maximum absolute atomic E-state index is 12.6. The normalized spacial score (nSPS) is 25.2. The van der Waals surface area contributed by atoms with E-state index in [1.807, 2.05) is 6.92 Å². The topological polar surface area (TPSA) is 83.6 Å². The summed E-state index contributed by atoms with van der Waals surface area (Å²) < 4.78 is 13.3. The molecule has 3 rings (SSSR count). The minimum atomic E-state index is -0.548. The number of carbonyl (C=O) groups is 2. The van der Waals surface area contributed by atoms with E-state index in [4.69, 9.17) is 15.2 Å². The van der Waals surface area contributed by atoms with Crippen molar-refractivity contribution in [2.24, 2.45) is 18.2 Å². The third kappa shape index (κ3) is 2.83. The van der Waals surface area contributed by atoms with Crippen molar-refractivity contribution in [3.8, 4) is 0 Å². The molecule has 0 saturated heterocycles. The standard InChI is InChI=1S/C18H26N2O4/c1-3-23-14-10-15(18(14)7-5-4-6-8-18)24-17(22)13-9-12(16(19)21)11-20(13)2/h9,11,14-15H,3-8,10H2,1-2H3,(H2,19,21). The molecule has 0 aromatic carbocycles. The zero-order valence-corrected chi connectivity index (χ0v) is 14.4. The summed E-state index contributed by atoms with van der Waals surface area (Å²) >= 11 is 0. The van der Waals surface area contributed by atoms with E-state index in [1.54, 1.807) is 17.8 Å². The first kappa shape index (κ1) is 17.0. The maximum Gasteiger partial charge on any atom is 0.355 e. The van der Waals surface area contributed by atoms with E-state index in [0.717, 1.165) is 32.1 Å². The number of esters is 1. The van der Waals surface area contributed by atoms with Crippen molar-refractivity contribution < 1.29 is 19.1 Å². The molecule has 6 nitrogen and oxygen atoms in total. The van der Waals surface area contributed by atoms with Gasteiger partial charge in [0.25, 0.3) is 0 Å². The van der Waals surface area contributed by atoms with Gasteiger partial charge in [-0.2, -0.15) is 0 Å². The first-order valence-electron chi connectivity index (χ1n) is 8.76. The number of carbonyl (C=O) groups excluding carboxylic acids is 2. The van der Waals surface area contributed by atoms with E-state index in [0.29, 0.717) is 17.9 Å². The lowest BCUT2D eigenvalue weighted by molar-refractivity contribution is -0.205. The Bertz CT molecular complexity index is 631. The van der Waals surface area contributed by atoms with Crippen LogP contribution in [0.1, 0.15) is 66.3 Å². The van der Waals surface area contributed by atoms with E-state index < -0.39 is 11.9 Å². The van der Waals surface area contributed by atoms with Gasteiger partial charge in [0.15, 0.2) is 0 Å². The lowest BCUT2D eigenvalue weighted by atomic mass is 9.56. The summed E-state index contributed by atoms with van der Waals surface area (Å²) in [6.07, 6.45) is 8.06. The van der Waals surface area contributed by atoms with E-state index in [-0.39, 0.29) is 17.6 Å². The molecule has 24 heavy (non-hydrogen) atoms. The Hall–Kier alpha value is -1.82. The van der Waals surface area contributed by atoms with Gasteiger partial charge in [0.05, 0.1) is 11.7 Å². The fourth-order valence-electron chi connectivity index (χ4n) is 4.26. The molecule has 0 aliphatic heterocycles. The number of nitrogens with two attached hydrogens (primary N) is 1. The average molecular weight is 334 g/mol. The van der Waals surface area contributed by atoms with Crippen LogP contribution in [0.15, 0.2) is 12.3 Å². The number of nitrogens with zero attached hydrogens (tertiary/aromatic N) is 1. The van der Waals surface area contributed by atoms with Crippen LogP contribution in [0.3, 0.4) is 0 Å².